The number of hydrogen-bond acceptors (Lipinski definition) is 2. The second kappa shape index (κ2) is 8.01. The van der Waals surface area contributed by atoms with E-state index in [9.17, 15) is 0 Å². The monoisotopic (exact) mass is 332 g/mol. The third kappa shape index (κ3) is 4.10. The molecule has 0 unspecified atom stereocenters. The van der Waals surface area contributed by atoms with Crippen LogP contribution in [0.3, 0.4) is 0 Å². The van der Waals surface area contributed by atoms with Crippen LogP contribution >= 0.6 is 7.14 Å². The highest BCUT2D eigenvalue weighted by Gasteiger charge is 2.43. The maximum atomic E-state index is 4.62. The van der Waals surface area contributed by atoms with E-state index >= 15 is 0 Å². The predicted octanol–water partition coefficient (Wildman–Crippen LogP) is 4.44. The average Bonchev–Trinajstić information content (AvgIpc) is 2.64. The molecule has 23 heavy (non-hydrogen) atoms. The van der Waals surface area contributed by atoms with Gasteiger partial charge in [0, 0.05) is 24.6 Å². The topological polar surface area (TPSA) is 16.1 Å². The van der Waals surface area contributed by atoms with Gasteiger partial charge in [-0.3, -0.25) is 0 Å². The number of rotatable bonds is 5. The van der Waals surface area contributed by atoms with Gasteiger partial charge >= 0.3 is 0 Å². The summed E-state index contributed by atoms with van der Waals surface area (Å²) >= 11 is 0. The fraction of sp³-hybridized carbons (Fsp3) is 0.737. The summed E-state index contributed by atoms with van der Waals surface area (Å²) in [6.45, 7) is 0. The molecule has 0 amide bonds. The molecule has 2 aliphatic rings. The Morgan fingerprint density at radius 2 is 1.57 bits per heavy atom. The largest absolute Gasteiger partial charge is 0.331 e. The van der Waals surface area contributed by atoms with Crippen LogP contribution in [-0.2, 0) is 0 Å². The summed E-state index contributed by atoms with van der Waals surface area (Å²) in [6.07, 6.45) is 18.6. The Kier molecular flexibility index (Phi) is 6.02. The molecule has 2 nitrogen and oxygen atoms in total. The van der Waals surface area contributed by atoms with Gasteiger partial charge in [0.05, 0.1) is 6.29 Å². The van der Waals surface area contributed by atoms with Crippen molar-refractivity contribution in [1.29, 1.82) is 0 Å². The van der Waals surface area contributed by atoms with Crippen LogP contribution in [0.15, 0.2) is 24.4 Å². The molecule has 2 fully saturated rings. The fourth-order valence-electron chi connectivity index (χ4n) is 4.25. The number of nitrogens with zero attached hydrogens (tertiary/aromatic N) is 2. The van der Waals surface area contributed by atoms with E-state index in [-0.39, 0.29) is 0 Å². The third-order valence-electron chi connectivity index (χ3n) is 5.50. The molecular weight excluding hydrogens is 298 g/mol. The lowest BCUT2D eigenvalue weighted by Gasteiger charge is -2.48. The Balaban J connectivity index is 1.78. The van der Waals surface area contributed by atoms with Crippen molar-refractivity contribution in [3.05, 3.63) is 24.4 Å². The first-order valence-corrected chi connectivity index (χ1v) is 10.9. The van der Waals surface area contributed by atoms with Crippen LogP contribution in [0, 0.1) is 0 Å². The maximum Gasteiger partial charge on any atom is 0.130 e. The zero-order chi connectivity index (χ0) is 16.1. The van der Waals surface area contributed by atoms with Gasteiger partial charge in [-0.15, -0.1) is 7.14 Å². The minimum absolute atomic E-state index is 0.417. The van der Waals surface area contributed by atoms with E-state index in [1.54, 1.807) is 25.7 Å². The van der Waals surface area contributed by atoms with E-state index in [1.807, 2.05) is 12.3 Å². The van der Waals surface area contributed by atoms with E-state index in [0.29, 0.717) is 7.57 Å². The van der Waals surface area contributed by atoms with Gasteiger partial charge in [-0.1, -0.05) is 18.9 Å². The molecular formula is C19H34BN2P. The summed E-state index contributed by atoms with van der Waals surface area (Å²) in [4.78, 5) is 7.16. The maximum absolute atomic E-state index is 4.62. The molecule has 0 atom stereocenters. The Hall–Kier alpha value is -0.555. The molecule has 1 aromatic heterocycles. The normalized spacial score (nSPS) is 21.3. The Labute approximate surface area is 144 Å². The van der Waals surface area contributed by atoms with Crippen molar-refractivity contribution in [2.75, 3.05) is 18.2 Å². The van der Waals surface area contributed by atoms with Gasteiger partial charge in [-0.25, -0.2) is 4.98 Å². The molecule has 0 radical (unpaired) electrons. The molecule has 2 saturated carbocycles. The van der Waals surface area contributed by atoms with Crippen LogP contribution < -0.4 is 4.90 Å². The first-order valence-electron chi connectivity index (χ1n) is 9.22. The lowest BCUT2D eigenvalue weighted by Crippen LogP contribution is -2.35. The van der Waals surface area contributed by atoms with Gasteiger partial charge in [0.15, 0.2) is 0 Å². The number of anilines is 1. The number of aromatic nitrogens is 1. The van der Waals surface area contributed by atoms with Crippen LogP contribution in [0.5, 0.6) is 0 Å². The van der Waals surface area contributed by atoms with Crippen LogP contribution in [0.1, 0.15) is 64.2 Å². The molecule has 1 aromatic rings. The quantitative estimate of drug-likeness (QED) is 0.585. The highest BCUT2D eigenvalue weighted by Crippen LogP contribution is 2.69. The van der Waals surface area contributed by atoms with Crippen LogP contribution in [-0.4, -0.2) is 37.2 Å². The standard InChI is InChI=1S/C19H34BN2P/c1-22(19-14-8-9-15-21-19)16-23(20,17-10-4-2-5-11-17)18-12-6-3-7-13-18/h8-9,14-15,17-18H,2-7,10-13,16H2,1,20H3. The van der Waals surface area contributed by atoms with E-state index < -0.39 is 7.14 Å². The molecule has 0 N–H and O–H groups in total. The summed E-state index contributed by atoms with van der Waals surface area (Å²) in [5, 5.41) is 0. The van der Waals surface area contributed by atoms with Gasteiger partial charge in [-0.2, -0.15) is 0 Å². The summed E-state index contributed by atoms with van der Waals surface area (Å²) in [6, 6.07) is 6.38. The van der Waals surface area contributed by atoms with Crippen molar-refractivity contribution in [3.8, 4) is 0 Å². The summed E-state index contributed by atoms with van der Waals surface area (Å²) < 4.78 is 0. The van der Waals surface area contributed by atoms with Gasteiger partial charge in [0.1, 0.15) is 13.4 Å². The molecule has 128 valence electrons. The van der Waals surface area contributed by atoms with Gasteiger partial charge in [0.2, 0.25) is 0 Å². The van der Waals surface area contributed by atoms with Crippen molar-refractivity contribution >= 4 is 20.5 Å². The summed E-state index contributed by atoms with van der Waals surface area (Å²) in [5.74, 6) is 1.20. The molecule has 0 aromatic carbocycles. The first-order chi connectivity index (χ1) is 11.2. The van der Waals surface area contributed by atoms with Crippen molar-refractivity contribution in [2.24, 2.45) is 0 Å². The highest BCUT2D eigenvalue weighted by molar-refractivity contribution is 7.98. The minimum Gasteiger partial charge on any atom is -0.331 e. The molecule has 1 heterocycles. The first kappa shape index (κ1) is 17.3. The van der Waals surface area contributed by atoms with Crippen LogP contribution in [0.25, 0.3) is 0 Å². The van der Waals surface area contributed by atoms with Crippen LogP contribution in [0.2, 0.25) is 0 Å². The molecule has 0 saturated heterocycles. The molecule has 2 aliphatic carbocycles. The minimum atomic E-state index is -0.706. The van der Waals surface area contributed by atoms with Crippen molar-refractivity contribution in [2.45, 2.75) is 75.5 Å². The Bertz CT molecular complexity index is 452. The zero-order valence-corrected chi connectivity index (χ0v) is 15.0. The summed E-state index contributed by atoms with van der Waals surface area (Å²) in [7, 11) is 2.02. The fourth-order valence-corrected chi connectivity index (χ4v) is 8.00. The molecule has 3 rings (SSSR count). The lowest BCUT2D eigenvalue weighted by molar-refractivity contribution is 0.482. The average molecular weight is 332 g/mol. The van der Waals surface area contributed by atoms with E-state index in [2.05, 4.69) is 29.1 Å². The SMILES string of the molecule is [BH3-][P+](CN(C)c1ccccn1)(C1CCCCC1)C1CCCCC1. The van der Waals surface area contributed by atoms with Gasteiger partial charge in [0.25, 0.3) is 0 Å². The highest BCUT2D eigenvalue weighted by atomic mass is 31.2. The Morgan fingerprint density at radius 1 is 1.00 bits per heavy atom. The third-order valence-corrected chi connectivity index (χ3v) is 9.16. The predicted molar refractivity (Wildman–Crippen MR) is 108 cm³/mol. The van der Waals surface area contributed by atoms with E-state index in [4.69, 9.17) is 0 Å². The second-order valence-corrected chi connectivity index (χ2v) is 9.90. The zero-order valence-electron chi connectivity index (χ0n) is 14.1. The Morgan fingerprint density at radius 3 is 2.04 bits per heavy atom. The summed E-state index contributed by atoms with van der Waals surface area (Å²) in [5.41, 5.74) is 2.26. The van der Waals surface area contributed by atoms with E-state index in [0.717, 1.165) is 11.3 Å². The van der Waals surface area contributed by atoms with Crippen molar-refractivity contribution in [3.63, 3.8) is 0 Å². The second-order valence-electron chi connectivity index (χ2n) is 7.13. The number of pyridine rings is 1. The molecule has 0 aliphatic heterocycles. The molecule has 0 bridgehead atoms. The van der Waals surface area contributed by atoms with Crippen molar-refractivity contribution < 1.29 is 0 Å². The number of hydrogen-bond donors (Lipinski definition) is 0. The lowest BCUT2D eigenvalue weighted by atomic mass is 9.99. The van der Waals surface area contributed by atoms with Crippen LogP contribution in [0.4, 0.5) is 5.82 Å². The molecule has 0 spiro atoms. The van der Waals surface area contributed by atoms with E-state index in [1.165, 1.54) is 50.6 Å². The smallest absolute Gasteiger partial charge is 0.130 e. The van der Waals surface area contributed by atoms with Gasteiger partial charge < -0.3 is 4.90 Å². The van der Waals surface area contributed by atoms with Gasteiger partial charge in [-0.05, 0) is 63.5 Å². The molecule has 4 heteroatoms. The van der Waals surface area contributed by atoms with Crippen molar-refractivity contribution in [1.82, 2.24) is 4.98 Å².